The Hall–Kier alpha value is -1.93. The number of carbonyl (C=O) groups is 2. The van der Waals surface area contributed by atoms with Crippen LogP contribution >= 0.6 is 0 Å². The molecular formula is C20H29N3O4S. The van der Waals surface area contributed by atoms with E-state index in [4.69, 9.17) is 0 Å². The molecule has 2 heterocycles. The van der Waals surface area contributed by atoms with Crippen LogP contribution in [-0.2, 0) is 21.2 Å². The number of nitrogens with one attached hydrogen (secondary N) is 1. The standard InChI is InChI=1S/C20H29N3O4S/c1-28(26,27)21-11-8-16-4-6-17(7-5-16)19(24)23-14-9-18(10-15-23)20(25)22-12-2-3-13-22/h4-7,18,21H,2-3,8-15H2,1H3. The minimum atomic E-state index is -3.18. The van der Waals surface area contributed by atoms with Crippen LogP contribution in [0.2, 0.25) is 0 Å². The third-order valence-corrected chi connectivity index (χ3v) is 6.26. The molecule has 0 aromatic heterocycles. The first-order valence-electron chi connectivity index (χ1n) is 9.95. The van der Waals surface area contributed by atoms with Crippen molar-refractivity contribution in [1.29, 1.82) is 0 Å². The lowest BCUT2D eigenvalue weighted by atomic mass is 9.94. The Labute approximate surface area is 167 Å². The summed E-state index contributed by atoms with van der Waals surface area (Å²) in [6.07, 6.45) is 5.38. The summed E-state index contributed by atoms with van der Waals surface area (Å²) in [6, 6.07) is 7.31. The van der Waals surface area contributed by atoms with Gasteiger partial charge in [-0.15, -0.1) is 0 Å². The maximum absolute atomic E-state index is 12.7. The Bertz CT molecular complexity index is 793. The fourth-order valence-electron chi connectivity index (χ4n) is 3.90. The number of benzene rings is 1. The highest BCUT2D eigenvalue weighted by atomic mass is 32.2. The van der Waals surface area contributed by atoms with Crippen LogP contribution in [0.4, 0.5) is 0 Å². The van der Waals surface area contributed by atoms with E-state index < -0.39 is 10.0 Å². The Morgan fingerprint density at radius 3 is 2.18 bits per heavy atom. The number of likely N-dealkylation sites (tertiary alicyclic amines) is 2. The van der Waals surface area contributed by atoms with Crippen molar-refractivity contribution >= 4 is 21.8 Å². The first-order chi connectivity index (χ1) is 13.3. The summed E-state index contributed by atoms with van der Waals surface area (Å²) >= 11 is 0. The van der Waals surface area contributed by atoms with Gasteiger partial charge in [-0.3, -0.25) is 9.59 Å². The van der Waals surface area contributed by atoms with Gasteiger partial charge >= 0.3 is 0 Å². The second kappa shape index (κ2) is 9.05. The number of piperidine rings is 1. The maximum Gasteiger partial charge on any atom is 0.253 e. The van der Waals surface area contributed by atoms with Gasteiger partial charge in [0.2, 0.25) is 15.9 Å². The molecule has 2 aliphatic heterocycles. The predicted molar refractivity (Wildman–Crippen MR) is 107 cm³/mol. The zero-order chi connectivity index (χ0) is 20.1. The average Bonchev–Trinajstić information content (AvgIpc) is 3.21. The van der Waals surface area contributed by atoms with E-state index >= 15 is 0 Å². The highest BCUT2D eigenvalue weighted by molar-refractivity contribution is 7.88. The molecule has 7 nitrogen and oxygen atoms in total. The first kappa shape index (κ1) is 20.8. The predicted octanol–water partition coefficient (Wildman–Crippen LogP) is 1.25. The van der Waals surface area contributed by atoms with Crippen LogP contribution in [0.3, 0.4) is 0 Å². The molecule has 154 valence electrons. The minimum Gasteiger partial charge on any atom is -0.342 e. The fourth-order valence-corrected chi connectivity index (χ4v) is 4.38. The van der Waals surface area contributed by atoms with Crippen molar-refractivity contribution in [3.63, 3.8) is 0 Å². The number of sulfonamides is 1. The zero-order valence-corrected chi connectivity index (χ0v) is 17.2. The molecule has 0 spiro atoms. The summed E-state index contributed by atoms with van der Waals surface area (Å²) in [7, 11) is -3.18. The Kier molecular flexibility index (Phi) is 6.72. The molecular weight excluding hydrogens is 378 g/mol. The van der Waals surface area contributed by atoms with Crippen LogP contribution < -0.4 is 4.72 Å². The van der Waals surface area contributed by atoms with Crippen LogP contribution in [-0.4, -0.2) is 69.0 Å². The van der Waals surface area contributed by atoms with Crippen LogP contribution in [0.5, 0.6) is 0 Å². The van der Waals surface area contributed by atoms with E-state index in [1.165, 1.54) is 0 Å². The number of amides is 2. The molecule has 1 N–H and O–H groups in total. The quantitative estimate of drug-likeness (QED) is 0.769. The van der Waals surface area contributed by atoms with Gasteiger partial charge in [0.05, 0.1) is 6.26 Å². The third-order valence-electron chi connectivity index (χ3n) is 5.53. The monoisotopic (exact) mass is 407 g/mol. The molecule has 0 saturated carbocycles. The molecule has 0 atom stereocenters. The van der Waals surface area contributed by atoms with Crippen LogP contribution in [0.1, 0.15) is 41.6 Å². The Morgan fingerprint density at radius 1 is 1.00 bits per heavy atom. The highest BCUT2D eigenvalue weighted by Gasteiger charge is 2.31. The molecule has 0 radical (unpaired) electrons. The second-order valence-corrected chi connectivity index (χ2v) is 9.55. The van der Waals surface area contributed by atoms with Crippen LogP contribution in [0, 0.1) is 5.92 Å². The van der Waals surface area contributed by atoms with E-state index in [0.717, 1.165) is 50.6 Å². The molecule has 0 unspecified atom stereocenters. The second-order valence-electron chi connectivity index (χ2n) is 7.71. The summed E-state index contributed by atoms with van der Waals surface area (Å²) in [5.41, 5.74) is 1.60. The van der Waals surface area contributed by atoms with Gasteiger partial charge in [-0.25, -0.2) is 13.1 Å². The third kappa shape index (κ3) is 5.54. The van der Waals surface area contributed by atoms with Gasteiger partial charge in [-0.2, -0.15) is 0 Å². The normalized spacial score (nSPS) is 18.5. The largest absolute Gasteiger partial charge is 0.342 e. The van der Waals surface area contributed by atoms with Crippen molar-refractivity contribution in [1.82, 2.24) is 14.5 Å². The van der Waals surface area contributed by atoms with Crippen molar-refractivity contribution in [2.45, 2.75) is 32.1 Å². The van der Waals surface area contributed by atoms with Crippen molar-refractivity contribution in [3.8, 4) is 0 Å². The lowest BCUT2D eigenvalue weighted by Crippen LogP contribution is -2.43. The van der Waals surface area contributed by atoms with Gasteiger partial charge in [-0.1, -0.05) is 12.1 Å². The van der Waals surface area contributed by atoms with Gasteiger partial charge in [0.25, 0.3) is 5.91 Å². The van der Waals surface area contributed by atoms with Gasteiger partial charge in [0.1, 0.15) is 0 Å². The van der Waals surface area contributed by atoms with Crippen molar-refractivity contribution in [2.24, 2.45) is 5.92 Å². The van der Waals surface area contributed by atoms with E-state index in [-0.39, 0.29) is 17.7 Å². The number of nitrogens with zero attached hydrogens (tertiary/aromatic N) is 2. The van der Waals surface area contributed by atoms with Crippen LogP contribution in [0.25, 0.3) is 0 Å². The molecule has 1 aromatic rings. The maximum atomic E-state index is 12.7. The molecule has 8 heteroatoms. The van der Waals surface area contributed by atoms with Gasteiger partial charge < -0.3 is 9.80 Å². The minimum absolute atomic E-state index is 0.00659. The smallest absolute Gasteiger partial charge is 0.253 e. The first-order valence-corrected chi connectivity index (χ1v) is 11.8. The Balaban J connectivity index is 1.48. The van der Waals surface area contributed by atoms with Gasteiger partial charge in [0, 0.05) is 44.2 Å². The van der Waals surface area contributed by atoms with Crippen molar-refractivity contribution in [3.05, 3.63) is 35.4 Å². The van der Waals surface area contributed by atoms with E-state index in [9.17, 15) is 18.0 Å². The zero-order valence-electron chi connectivity index (χ0n) is 16.4. The molecule has 2 fully saturated rings. The topological polar surface area (TPSA) is 86.8 Å². The van der Waals surface area contributed by atoms with E-state index in [1.807, 2.05) is 21.9 Å². The van der Waals surface area contributed by atoms with Gasteiger partial charge in [-0.05, 0) is 49.8 Å². The molecule has 2 aliphatic rings. The highest BCUT2D eigenvalue weighted by Crippen LogP contribution is 2.23. The van der Waals surface area contributed by atoms with Gasteiger partial charge in [0.15, 0.2) is 0 Å². The van der Waals surface area contributed by atoms with Crippen molar-refractivity contribution < 1.29 is 18.0 Å². The van der Waals surface area contributed by atoms with E-state index in [0.29, 0.717) is 31.6 Å². The van der Waals surface area contributed by atoms with E-state index in [2.05, 4.69) is 4.72 Å². The lowest BCUT2D eigenvalue weighted by molar-refractivity contribution is -0.135. The molecule has 2 saturated heterocycles. The number of carbonyl (C=O) groups excluding carboxylic acids is 2. The van der Waals surface area contributed by atoms with E-state index in [1.54, 1.807) is 12.1 Å². The number of rotatable bonds is 6. The summed E-state index contributed by atoms with van der Waals surface area (Å²) in [5.74, 6) is 0.302. The molecule has 0 aliphatic carbocycles. The number of hydrogen-bond acceptors (Lipinski definition) is 4. The molecule has 28 heavy (non-hydrogen) atoms. The molecule has 2 amide bonds. The Morgan fingerprint density at radius 2 is 1.61 bits per heavy atom. The molecule has 1 aromatic carbocycles. The summed E-state index contributed by atoms with van der Waals surface area (Å²) in [5, 5.41) is 0. The fraction of sp³-hybridized carbons (Fsp3) is 0.600. The molecule has 3 rings (SSSR count). The van der Waals surface area contributed by atoms with Crippen LogP contribution in [0.15, 0.2) is 24.3 Å². The summed E-state index contributed by atoms with van der Waals surface area (Å²) in [6.45, 7) is 3.32. The summed E-state index contributed by atoms with van der Waals surface area (Å²) in [4.78, 5) is 29.0. The molecule has 0 bridgehead atoms. The lowest BCUT2D eigenvalue weighted by Gasteiger charge is -2.33. The number of hydrogen-bond donors (Lipinski definition) is 1. The average molecular weight is 408 g/mol. The SMILES string of the molecule is CS(=O)(=O)NCCc1ccc(C(=O)N2CCC(C(=O)N3CCCC3)CC2)cc1. The van der Waals surface area contributed by atoms with Crippen molar-refractivity contribution in [2.75, 3.05) is 39.0 Å². The summed E-state index contributed by atoms with van der Waals surface area (Å²) < 4.78 is 24.6.